The van der Waals surface area contributed by atoms with Gasteiger partial charge in [-0.25, -0.2) is 4.98 Å². The van der Waals surface area contributed by atoms with Gasteiger partial charge in [-0.1, -0.05) is 13.8 Å². The lowest BCUT2D eigenvalue weighted by Gasteiger charge is -2.17. The zero-order valence-electron chi connectivity index (χ0n) is 10.3. The Bertz CT molecular complexity index is 450. The average Bonchev–Trinajstić information content (AvgIpc) is 2.77. The third kappa shape index (κ3) is 3.00. The molecule has 0 atom stereocenters. The summed E-state index contributed by atoms with van der Waals surface area (Å²) in [5, 5.41) is 0. The molecule has 1 fully saturated rings. The third-order valence-electron chi connectivity index (χ3n) is 2.93. The molecule has 1 saturated heterocycles. The van der Waals surface area contributed by atoms with E-state index in [1.165, 1.54) is 12.8 Å². The Hall–Kier alpha value is -0.590. The Morgan fingerprint density at radius 3 is 2.65 bits per heavy atom. The molecule has 1 aromatic rings. The van der Waals surface area contributed by atoms with E-state index in [0.717, 1.165) is 34.7 Å². The first-order chi connectivity index (χ1) is 8.08. The molecule has 1 aromatic heterocycles. The monoisotopic (exact) mass is 347 g/mol. The predicted octanol–water partition coefficient (Wildman–Crippen LogP) is 2.17. The number of aromatic amines is 1. The van der Waals surface area contributed by atoms with Crippen LogP contribution in [0.5, 0.6) is 0 Å². The maximum atomic E-state index is 11.9. The second-order valence-electron chi connectivity index (χ2n) is 4.94. The van der Waals surface area contributed by atoms with Gasteiger partial charge in [0.2, 0.25) is 5.95 Å². The molecule has 94 valence electrons. The number of nitrogens with zero attached hydrogens (tertiary/aromatic N) is 2. The van der Waals surface area contributed by atoms with Crippen LogP contribution >= 0.6 is 22.6 Å². The minimum atomic E-state index is -0.00171. The molecule has 0 amide bonds. The van der Waals surface area contributed by atoms with Crippen molar-refractivity contribution in [1.82, 2.24) is 9.97 Å². The van der Waals surface area contributed by atoms with E-state index >= 15 is 0 Å². The van der Waals surface area contributed by atoms with Gasteiger partial charge in [0, 0.05) is 13.1 Å². The lowest BCUT2D eigenvalue weighted by atomic mass is 10.1. The maximum Gasteiger partial charge on any atom is 0.266 e. The summed E-state index contributed by atoms with van der Waals surface area (Å²) in [6.45, 7) is 6.30. The summed E-state index contributed by atoms with van der Waals surface area (Å²) in [5.41, 5.74) is 0.935. The van der Waals surface area contributed by atoms with E-state index in [9.17, 15) is 4.79 Å². The predicted molar refractivity (Wildman–Crippen MR) is 77.6 cm³/mol. The molecular formula is C12H18IN3O. The van der Waals surface area contributed by atoms with Gasteiger partial charge in [-0.3, -0.25) is 9.78 Å². The molecule has 0 aromatic carbocycles. The van der Waals surface area contributed by atoms with Crippen LogP contribution in [-0.4, -0.2) is 23.1 Å². The Kier molecular flexibility index (Phi) is 4.06. The van der Waals surface area contributed by atoms with Crippen molar-refractivity contribution >= 4 is 28.5 Å². The fraction of sp³-hybridized carbons (Fsp3) is 0.667. The SMILES string of the molecule is CC(C)Cc1nc(N2CCCC2)[nH]c(=O)c1I. The number of nitrogens with one attached hydrogen (secondary N) is 1. The summed E-state index contributed by atoms with van der Waals surface area (Å²) in [6.07, 6.45) is 3.24. The van der Waals surface area contributed by atoms with E-state index in [1.807, 2.05) is 0 Å². The van der Waals surface area contributed by atoms with Crippen LogP contribution < -0.4 is 10.5 Å². The Labute approximate surface area is 115 Å². The zero-order valence-corrected chi connectivity index (χ0v) is 12.5. The first kappa shape index (κ1) is 12.9. The zero-order chi connectivity index (χ0) is 12.4. The molecule has 0 bridgehead atoms. The normalized spacial score (nSPS) is 15.9. The number of anilines is 1. The number of hydrogen-bond donors (Lipinski definition) is 1. The third-order valence-corrected chi connectivity index (χ3v) is 4.04. The van der Waals surface area contributed by atoms with E-state index in [4.69, 9.17) is 0 Å². The van der Waals surface area contributed by atoms with Crippen LogP contribution in [0.1, 0.15) is 32.4 Å². The Morgan fingerprint density at radius 1 is 1.41 bits per heavy atom. The highest BCUT2D eigenvalue weighted by molar-refractivity contribution is 14.1. The van der Waals surface area contributed by atoms with Crippen LogP contribution in [-0.2, 0) is 6.42 Å². The molecule has 1 N–H and O–H groups in total. The van der Waals surface area contributed by atoms with E-state index < -0.39 is 0 Å². The fourth-order valence-corrected chi connectivity index (χ4v) is 2.57. The van der Waals surface area contributed by atoms with Crippen LogP contribution in [0.4, 0.5) is 5.95 Å². The van der Waals surface area contributed by atoms with Crippen LogP contribution in [0.25, 0.3) is 0 Å². The summed E-state index contributed by atoms with van der Waals surface area (Å²) < 4.78 is 0.735. The molecule has 0 aliphatic carbocycles. The average molecular weight is 347 g/mol. The van der Waals surface area contributed by atoms with Crippen LogP contribution in [0, 0.1) is 9.49 Å². The first-order valence-corrected chi connectivity index (χ1v) is 7.19. The quantitative estimate of drug-likeness (QED) is 0.853. The van der Waals surface area contributed by atoms with Crippen LogP contribution in [0.15, 0.2) is 4.79 Å². The highest BCUT2D eigenvalue weighted by atomic mass is 127. The molecule has 2 rings (SSSR count). The van der Waals surface area contributed by atoms with Crippen molar-refractivity contribution in [3.05, 3.63) is 19.6 Å². The smallest absolute Gasteiger partial charge is 0.266 e. The summed E-state index contributed by atoms with van der Waals surface area (Å²) in [6, 6.07) is 0. The molecule has 2 heterocycles. The van der Waals surface area contributed by atoms with Crippen molar-refractivity contribution in [2.24, 2.45) is 5.92 Å². The minimum Gasteiger partial charge on any atom is -0.342 e. The molecule has 0 radical (unpaired) electrons. The van der Waals surface area contributed by atoms with E-state index in [2.05, 4.69) is 51.3 Å². The van der Waals surface area contributed by atoms with E-state index in [0.29, 0.717) is 5.92 Å². The highest BCUT2D eigenvalue weighted by Crippen LogP contribution is 2.17. The number of aromatic nitrogens is 2. The lowest BCUT2D eigenvalue weighted by Crippen LogP contribution is -2.26. The van der Waals surface area contributed by atoms with Crippen molar-refractivity contribution < 1.29 is 0 Å². The van der Waals surface area contributed by atoms with E-state index in [1.54, 1.807) is 0 Å². The molecule has 0 spiro atoms. The number of hydrogen-bond acceptors (Lipinski definition) is 3. The molecule has 0 unspecified atom stereocenters. The molecule has 1 aliphatic rings. The van der Waals surface area contributed by atoms with Gasteiger partial charge in [-0.15, -0.1) is 0 Å². The molecule has 5 heteroatoms. The minimum absolute atomic E-state index is 0.00171. The largest absolute Gasteiger partial charge is 0.342 e. The number of halogens is 1. The van der Waals surface area contributed by atoms with Gasteiger partial charge in [0.1, 0.15) is 0 Å². The van der Waals surface area contributed by atoms with Gasteiger partial charge in [-0.2, -0.15) is 0 Å². The van der Waals surface area contributed by atoms with Crippen molar-refractivity contribution in [3.63, 3.8) is 0 Å². The number of H-pyrrole nitrogens is 1. The van der Waals surface area contributed by atoms with Gasteiger partial charge >= 0.3 is 0 Å². The molecular weight excluding hydrogens is 329 g/mol. The topological polar surface area (TPSA) is 49.0 Å². The second kappa shape index (κ2) is 5.37. The Balaban J connectivity index is 2.34. The van der Waals surface area contributed by atoms with Gasteiger partial charge in [0.15, 0.2) is 0 Å². The Morgan fingerprint density at radius 2 is 2.06 bits per heavy atom. The summed E-state index contributed by atoms with van der Waals surface area (Å²) in [5.74, 6) is 1.27. The van der Waals surface area contributed by atoms with Crippen molar-refractivity contribution in [1.29, 1.82) is 0 Å². The van der Waals surface area contributed by atoms with Crippen molar-refractivity contribution in [3.8, 4) is 0 Å². The van der Waals surface area contributed by atoms with Crippen molar-refractivity contribution in [2.45, 2.75) is 33.1 Å². The van der Waals surface area contributed by atoms with E-state index in [-0.39, 0.29) is 5.56 Å². The standard InChI is InChI=1S/C12H18IN3O/c1-8(2)7-9-10(13)11(17)15-12(14-9)16-5-3-4-6-16/h8H,3-7H2,1-2H3,(H,14,15,17). The first-order valence-electron chi connectivity index (χ1n) is 6.11. The van der Waals surface area contributed by atoms with Crippen molar-refractivity contribution in [2.75, 3.05) is 18.0 Å². The van der Waals surface area contributed by atoms with Gasteiger partial charge in [0.25, 0.3) is 5.56 Å². The number of rotatable bonds is 3. The molecule has 0 saturated carbocycles. The van der Waals surface area contributed by atoms with Gasteiger partial charge in [-0.05, 0) is 47.8 Å². The van der Waals surface area contributed by atoms with Gasteiger partial charge in [0.05, 0.1) is 9.26 Å². The van der Waals surface area contributed by atoms with Crippen LogP contribution in [0.2, 0.25) is 0 Å². The fourth-order valence-electron chi connectivity index (χ4n) is 2.09. The summed E-state index contributed by atoms with van der Waals surface area (Å²) in [4.78, 5) is 21.5. The van der Waals surface area contributed by atoms with Gasteiger partial charge < -0.3 is 4.90 Å². The molecule has 1 aliphatic heterocycles. The highest BCUT2D eigenvalue weighted by Gasteiger charge is 2.17. The molecule has 17 heavy (non-hydrogen) atoms. The second-order valence-corrected chi connectivity index (χ2v) is 6.02. The summed E-state index contributed by atoms with van der Waals surface area (Å²) >= 11 is 2.09. The lowest BCUT2D eigenvalue weighted by molar-refractivity contribution is 0.629. The van der Waals surface area contributed by atoms with Crippen LogP contribution in [0.3, 0.4) is 0 Å². The summed E-state index contributed by atoms with van der Waals surface area (Å²) in [7, 11) is 0. The maximum absolute atomic E-state index is 11.9. The molecule has 4 nitrogen and oxygen atoms in total.